The molecule has 0 aliphatic heterocycles. The fourth-order valence-electron chi connectivity index (χ4n) is 1.60. The van der Waals surface area contributed by atoms with Crippen LogP contribution in [0.15, 0.2) is 0 Å². The van der Waals surface area contributed by atoms with E-state index >= 15 is 0 Å². The van der Waals surface area contributed by atoms with Crippen LogP contribution in [0.2, 0.25) is 0 Å². The number of Topliss-reactive ketones (excluding diaryl/α,β-unsaturated/α-hetero) is 1. The highest BCUT2D eigenvalue weighted by atomic mass is 32.2. The zero-order valence-corrected chi connectivity index (χ0v) is 11.2. The fourth-order valence-corrected chi connectivity index (χ4v) is 1.97. The lowest BCUT2D eigenvalue weighted by atomic mass is 9.96. The van der Waals surface area contributed by atoms with E-state index in [1.54, 1.807) is 0 Å². The van der Waals surface area contributed by atoms with Gasteiger partial charge < -0.3 is 9.99 Å². The second kappa shape index (κ2) is 6.74. The van der Waals surface area contributed by atoms with Crippen LogP contribution in [0.25, 0.3) is 0 Å². The summed E-state index contributed by atoms with van der Waals surface area (Å²) in [5, 5.41) is 12.5. The third kappa shape index (κ3) is 3.84. The number of carbonyl (C=O) groups excluding carboxylic acids is 2. The third-order valence-corrected chi connectivity index (χ3v) is 3.76. The smallest absolute Gasteiger partial charge is 0.415 e. The topological polar surface area (TPSA) is 84.9 Å². The first-order valence-electron chi connectivity index (χ1n) is 5.67. The zero-order chi connectivity index (χ0) is 15.4. The Morgan fingerprint density at radius 2 is 2.05 bits per heavy atom. The molecule has 0 bridgehead atoms. The number of rotatable bonds is 5. The van der Waals surface area contributed by atoms with Crippen LogP contribution in [-0.4, -0.2) is 28.8 Å². The van der Waals surface area contributed by atoms with Crippen molar-refractivity contribution in [3.63, 3.8) is 0 Å². The fraction of sp³-hybridized carbons (Fsp3) is 0.800. The predicted octanol–water partition coefficient (Wildman–Crippen LogP) is 1.23. The van der Waals surface area contributed by atoms with Gasteiger partial charge in [-0.15, -0.1) is 0 Å². The van der Waals surface area contributed by atoms with Gasteiger partial charge in [0.05, 0.1) is 12.0 Å². The summed E-state index contributed by atoms with van der Waals surface area (Å²) >= 11 is -0.517. The van der Waals surface area contributed by atoms with Gasteiger partial charge in [0, 0.05) is 6.42 Å². The monoisotopic (exact) mass is 317 g/mol. The van der Waals surface area contributed by atoms with Crippen LogP contribution in [0.3, 0.4) is 0 Å². The molecule has 1 aliphatic rings. The Balaban J connectivity index is 2.80. The normalized spacial score (nSPS) is 23.2. The molecule has 1 rings (SSSR count). The van der Waals surface area contributed by atoms with Gasteiger partial charge >= 0.3 is 12.1 Å². The van der Waals surface area contributed by atoms with Gasteiger partial charge in [-0.25, -0.2) is 0 Å². The Hall–Kier alpha value is -0.840. The van der Waals surface area contributed by atoms with Crippen LogP contribution in [0, 0.1) is 0 Å². The highest BCUT2D eigenvalue weighted by Crippen LogP contribution is 2.43. The maximum Gasteiger partial charge on any atom is 0.415 e. The molecule has 0 amide bonds. The quantitative estimate of drug-likeness (QED) is 0.326. The molecule has 20 heavy (non-hydrogen) atoms. The van der Waals surface area contributed by atoms with E-state index in [0.717, 1.165) is 0 Å². The molecule has 2 unspecified atom stereocenters. The summed E-state index contributed by atoms with van der Waals surface area (Å²) in [6.07, 6.45) is -4.70. The van der Waals surface area contributed by atoms with Gasteiger partial charge in [0.1, 0.15) is 0 Å². The molecule has 0 spiro atoms. The molecule has 1 aliphatic carbocycles. The van der Waals surface area contributed by atoms with E-state index in [1.165, 1.54) is 0 Å². The van der Waals surface area contributed by atoms with E-state index in [4.69, 9.17) is 0 Å². The van der Waals surface area contributed by atoms with Crippen molar-refractivity contribution in [3.05, 3.63) is 0 Å². The van der Waals surface area contributed by atoms with Gasteiger partial charge in [0.25, 0.3) is 0 Å². The van der Waals surface area contributed by atoms with Gasteiger partial charge in [-0.05, 0) is 26.2 Å². The van der Waals surface area contributed by atoms with Gasteiger partial charge in [0.15, 0.2) is 11.9 Å². The van der Waals surface area contributed by atoms with E-state index in [9.17, 15) is 28.0 Å². The third-order valence-electron chi connectivity index (χ3n) is 2.91. The lowest BCUT2D eigenvalue weighted by Gasteiger charge is -2.30. The number of ether oxygens (including phenoxy) is 1. The first-order chi connectivity index (χ1) is 9.22. The SMILES string of the molecule is CC(SOO[O-])(C(=O)OC1CCCCC1=O)C(F)(F)F. The average Bonchev–Trinajstić information content (AvgIpc) is 2.37. The molecule has 1 saturated carbocycles. The molecule has 0 aromatic rings. The minimum atomic E-state index is -5.05. The van der Waals surface area contributed by atoms with Gasteiger partial charge in [0.2, 0.25) is 4.75 Å². The van der Waals surface area contributed by atoms with Crippen LogP contribution in [-0.2, 0) is 23.7 Å². The second-order valence-corrected chi connectivity index (χ2v) is 5.48. The summed E-state index contributed by atoms with van der Waals surface area (Å²) in [5.41, 5.74) is 0. The van der Waals surface area contributed by atoms with Crippen molar-refractivity contribution in [2.75, 3.05) is 0 Å². The summed E-state index contributed by atoms with van der Waals surface area (Å²) in [7, 11) is 0. The largest absolute Gasteiger partial charge is 0.691 e. The second-order valence-electron chi connectivity index (χ2n) is 4.36. The number of ketones is 1. The predicted molar refractivity (Wildman–Crippen MR) is 57.6 cm³/mol. The van der Waals surface area contributed by atoms with E-state index in [1.807, 2.05) is 0 Å². The Bertz CT molecular complexity index is 374. The van der Waals surface area contributed by atoms with Crippen molar-refractivity contribution in [2.45, 2.75) is 49.6 Å². The van der Waals surface area contributed by atoms with Crippen LogP contribution >= 0.6 is 12.0 Å². The van der Waals surface area contributed by atoms with Gasteiger partial charge in [-0.2, -0.15) is 17.5 Å². The molecule has 0 heterocycles. The minimum Gasteiger partial charge on any atom is -0.691 e. The standard InChI is InChI=1S/C10H13F3O6S/c1-9(10(11,12)13,20-19-18-16)8(15)17-7-5-3-2-4-6(7)14/h7,16H,2-5H2,1H3/p-1. The first kappa shape index (κ1) is 17.2. The highest BCUT2D eigenvalue weighted by Gasteiger charge is 2.61. The molecule has 0 aromatic carbocycles. The highest BCUT2D eigenvalue weighted by molar-refractivity contribution is 7.96. The van der Waals surface area contributed by atoms with E-state index in [0.29, 0.717) is 19.8 Å². The van der Waals surface area contributed by atoms with Gasteiger partial charge in [-0.3, -0.25) is 14.6 Å². The molecule has 1 fully saturated rings. The van der Waals surface area contributed by atoms with Crippen LogP contribution in [0.4, 0.5) is 13.2 Å². The zero-order valence-electron chi connectivity index (χ0n) is 10.4. The Labute approximate surface area is 116 Å². The van der Waals surface area contributed by atoms with Crippen molar-refractivity contribution >= 4 is 23.8 Å². The van der Waals surface area contributed by atoms with Crippen LogP contribution in [0.1, 0.15) is 32.6 Å². The Kier molecular flexibility index (Phi) is 5.80. The maximum absolute atomic E-state index is 12.9. The van der Waals surface area contributed by atoms with Crippen molar-refractivity contribution in [1.29, 1.82) is 0 Å². The Morgan fingerprint density at radius 3 is 2.55 bits per heavy atom. The molecular weight excluding hydrogens is 305 g/mol. The number of carbonyl (C=O) groups is 2. The molecule has 10 heteroatoms. The molecule has 2 atom stereocenters. The van der Waals surface area contributed by atoms with Gasteiger partial charge in [-0.1, -0.05) is 0 Å². The minimum absolute atomic E-state index is 0.161. The van der Waals surface area contributed by atoms with E-state index in [2.05, 4.69) is 14.1 Å². The first-order valence-corrected chi connectivity index (χ1v) is 6.41. The average molecular weight is 317 g/mol. The van der Waals surface area contributed by atoms with Crippen molar-refractivity contribution in [2.24, 2.45) is 0 Å². The van der Waals surface area contributed by atoms with Crippen molar-refractivity contribution < 1.29 is 42.1 Å². The van der Waals surface area contributed by atoms with Crippen molar-refractivity contribution in [3.8, 4) is 0 Å². The molecule has 0 radical (unpaired) electrons. The number of esters is 1. The Morgan fingerprint density at radius 1 is 1.40 bits per heavy atom. The molecule has 6 nitrogen and oxygen atoms in total. The number of hydrogen-bond donors (Lipinski definition) is 0. The van der Waals surface area contributed by atoms with Crippen LogP contribution < -0.4 is 5.26 Å². The molecule has 116 valence electrons. The summed E-state index contributed by atoms with van der Waals surface area (Å²) in [5.74, 6) is -2.12. The molecule has 0 saturated heterocycles. The lowest BCUT2D eigenvalue weighted by molar-refractivity contribution is -0.777. The summed E-state index contributed by atoms with van der Waals surface area (Å²) in [4.78, 5) is 23.1. The summed E-state index contributed by atoms with van der Waals surface area (Å²) < 4.78 is 43.7. The molecule has 0 N–H and O–H groups in total. The maximum atomic E-state index is 12.9. The van der Waals surface area contributed by atoms with E-state index < -0.39 is 40.8 Å². The van der Waals surface area contributed by atoms with E-state index in [-0.39, 0.29) is 12.8 Å². The molecular formula is C10H12F3O6S-. The summed E-state index contributed by atoms with van der Waals surface area (Å²) in [6, 6.07) is 0. The molecule has 0 aromatic heterocycles. The van der Waals surface area contributed by atoms with Crippen LogP contribution in [0.5, 0.6) is 0 Å². The lowest BCUT2D eigenvalue weighted by Crippen LogP contribution is -2.49. The number of halogens is 3. The number of hydrogen-bond acceptors (Lipinski definition) is 7. The summed E-state index contributed by atoms with van der Waals surface area (Å²) in [6.45, 7) is 0.478. The number of alkyl halides is 3. The van der Waals surface area contributed by atoms with Crippen molar-refractivity contribution in [1.82, 2.24) is 0 Å².